The highest BCUT2D eigenvalue weighted by atomic mass is 35.5. The molecule has 1 atom stereocenters. The summed E-state index contributed by atoms with van der Waals surface area (Å²) in [5.41, 5.74) is 0. The van der Waals surface area contributed by atoms with Gasteiger partial charge in [0.1, 0.15) is 11.6 Å². The van der Waals surface area contributed by atoms with Crippen LogP contribution in [0.1, 0.15) is 6.42 Å². The van der Waals surface area contributed by atoms with Crippen LogP contribution in [0.15, 0.2) is 18.3 Å². The Morgan fingerprint density at radius 3 is 3.00 bits per heavy atom. The van der Waals surface area contributed by atoms with Crippen molar-refractivity contribution in [2.45, 2.75) is 6.42 Å². The summed E-state index contributed by atoms with van der Waals surface area (Å²) in [6.45, 7) is 2.07. The highest BCUT2D eigenvalue weighted by molar-refractivity contribution is 6.18. The topological polar surface area (TPSA) is 25.4 Å². The van der Waals surface area contributed by atoms with Crippen molar-refractivity contribution in [3.63, 3.8) is 0 Å². The van der Waals surface area contributed by atoms with Crippen molar-refractivity contribution in [2.75, 3.05) is 31.0 Å². The number of aromatic nitrogens is 1. The van der Waals surface area contributed by atoms with Gasteiger partial charge in [0.25, 0.3) is 0 Å². The average molecular weight is 227 g/mol. The van der Waals surface area contributed by atoms with Gasteiger partial charge in [0, 0.05) is 19.0 Å². The van der Waals surface area contributed by atoms with Crippen LogP contribution in [0.4, 0.5) is 5.82 Å². The molecule has 82 valence electrons. The molecule has 1 unspecified atom stereocenters. The lowest BCUT2D eigenvalue weighted by Gasteiger charge is -2.16. The zero-order valence-corrected chi connectivity index (χ0v) is 9.57. The van der Waals surface area contributed by atoms with E-state index in [1.165, 1.54) is 0 Å². The van der Waals surface area contributed by atoms with E-state index >= 15 is 0 Å². The molecule has 0 amide bonds. The van der Waals surface area contributed by atoms with Crippen LogP contribution >= 0.6 is 11.6 Å². The van der Waals surface area contributed by atoms with Gasteiger partial charge in [-0.15, -0.1) is 11.6 Å². The van der Waals surface area contributed by atoms with Crippen LogP contribution in [0.5, 0.6) is 5.75 Å². The molecule has 0 aliphatic carbocycles. The van der Waals surface area contributed by atoms with Crippen molar-refractivity contribution in [1.29, 1.82) is 0 Å². The van der Waals surface area contributed by atoms with Gasteiger partial charge in [-0.1, -0.05) is 0 Å². The molecule has 1 saturated heterocycles. The van der Waals surface area contributed by atoms with Crippen LogP contribution in [0.2, 0.25) is 0 Å². The van der Waals surface area contributed by atoms with E-state index in [0.29, 0.717) is 5.92 Å². The number of hydrogen-bond donors (Lipinski definition) is 0. The number of hydrogen-bond acceptors (Lipinski definition) is 3. The highest BCUT2D eigenvalue weighted by Gasteiger charge is 2.22. The molecule has 0 radical (unpaired) electrons. The van der Waals surface area contributed by atoms with Crippen molar-refractivity contribution in [1.82, 2.24) is 4.98 Å². The Balaban J connectivity index is 2.04. The Kier molecular flexibility index (Phi) is 3.31. The molecule has 0 aromatic carbocycles. The SMILES string of the molecule is COc1ccc(N2CCC(CCl)C2)nc1. The third-order valence-electron chi connectivity index (χ3n) is 2.78. The van der Waals surface area contributed by atoms with Crippen LogP contribution in [0.25, 0.3) is 0 Å². The first-order valence-electron chi connectivity index (χ1n) is 5.14. The summed E-state index contributed by atoms with van der Waals surface area (Å²) in [6.07, 6.45) is 2.92. The van der Waals surface area contributed by atoms with Gasteiger partial charge < -0.3 is 9.64 Å². The Labute approximate surface area is 95.0 Å². The normalized spacial score (nSPS) is 20.7. The zero-order chi connectivity index (χ0) is 10.7. The first kappa shape index (κ1) is 10.6. The van der Waals surface area contributed by atoms with Gasteiger partial charge in [-0.05, 0) is 24.5 Å². The van der Waals surface area contributed by atoms with Gasteiger partial charge in [0.2, 0.25) is 0 Å². The number of rotatable bonds is 3. The van der Waals surface area contributed by atoms with E-state index in [1.54, 1.807) is 13.3 Å². The van der Waals surface area contributed by atoms with Crippen molar-refractivity contribution in [3.05, 3.63) is 18.3 Å². The Bertz CT molecular complexity index is 315. The minimum atomic E-state index is 0.607. The molecule has 1 aliphatic heterocycles. The maximum atomic E-state index is 5.84. The Morgan fingerprint density at radius 2 is 2.47 bits per heavy atom. The maximum absolute atomic E-state index is 5.84. The fraction of sp³-hybridized carbons (Fsp3) is 0.545. The summed E-state index contributed by atoms with van der Waals surface area (Å²) in [5.74, 6) is 3.16. The fourth-order valence-electron chi connectivity index (χ4n) is 1.85. The molecule has 4 heteroatoms. The van der Waals surface area contributed by atoms with Crippen LogP contribution in [0.3, 0.4) is 0 Å². The molecule has 1 aromatic heterocycles. The van der Waals surface area contributed by atoms with Gasteiger partial charge in [0.05, 0.1) is 13.3 Å². The van der Waals surface area contributed by atoms with Crippen LogP contribution in [-0.2, 0) is 0 Å². The third kappa shape index (κ3) is 2.34. The monoisotopic (exact) mass is 226 g/mol. The van der Waals surface area contributed by atoms with Gasteiger partial charge in [-0.2, -0.15) is 0 Å². The smallest absolute Gasteiger partial charge is 0.137 e. The minimum absolute atomic E-state index is 0.607. The second kappa shape index (κ2) is 4.71. The molecule has 3 nitrogen and oxygen atoms in total. The van der Waals surface area contributed by atoms with Crippen molar-refractivity contribution >= 4 is 17.4 Å². The van der Waals surface area contributed by atoms with Gasteiger partial charge >= 0.3 is 0 Å². The Morgan fingerprint density at radius 1 is 1.60 bits per heavy atom. The van der Waals surface area contributed by atoms with E-state index in [0.717, 1.165) is 37.0 Å². The number of halogens is 1. The van der Waals surface area contributed by atoms with Gasteiger partial charge in [-0.25, -0.2) is 4.98 Å². The molecular formula is C11H15ClN2O. The lowest BCUT2D eigenvalue weighted by atomic mass is 10.2. The summed E-state index contributed by atoms with van der Waals surface area (Å²) in [7, 11) is 1.65. The lowest BCUT2D eigenvalue weighted by Crippen LogP contribution is -2.20. The number of nitrogens with zero attached hydrogens (tertiary/aromatic N) is 2. The van der Waals surface area contributed by atoms with E-state index in [4.69, 9.17) is 16.3 Å². The number of ether oxygens (including phenoxy) is 1. The molecule has 0 spiro atoms. The van der Waals surface area contributed by atoms with Gasteiger partial charge in [-0.3, -0.25) is 0 Å². The van der Waals surface area contributed by atoms with E-state index in [9.17, 15) is 0 Å². The molecule has 0 bridgehead atoms. The summed E-state index contributed by atoms with van der Waals surface area (Å²) in [4.78, 5) is 6.63. The Hall–Kier alpha value is -0.960. The lowest BCUT2D eigenvalue weighted by molar-refractivity contribution is 0.413. The number of anilines is 1. The summed E-state index contributed by atoms with van der Waals surface area (Å²) >= 11 is 5.84. The largest absolute Gasteiger partial charge is 0.495 e. The number of alkyl halides is 1. The fourth-order valence-corrected chi connectivity index (χ4v) is 2.10. The molecule has 15 heavy (non-hydrogen) atoms. The summed E-state index contributed by atoms with van der Waals surface area (Å²) in [5, 5.41) is 0. The molecule has 0 saturated carbocycles. The first-order valence-corrected chi connectivity index (χ1v) is 5.68. The first-order chi connectivity index (χ1) is 7.33. The minimum Gasteiger partial charge on any atom is -0.495 e. The zero-order valence-electron chi connectivity index (χ0n) is 8.82. The van der Waals surface area contributed by atoms with Crippen molar-refractivity contribution < 1.29 is 4.74 Å². The maximum Gasteiger partial charge on any atom is 0.137 e. The predicted molar refractivity (Wildman–Crippen MR) is 61.8 cm³/mol. The van der Waals surface area contributed by atoms with Crippen LogP contribution < -0.4 is 9.64 Å². The predicted octanol–water partition coefficient (Wildman–Crippen LogP) is 2.16. The van der Waals surface area contributed by atoms with E-state index in [-0.39, 0.29) is 0 Å². The van der Waals surface area contributed by atoms with E-state index < -0.39 is 0 Å². The second-order valence-electron chi connectivity index (χ2n) is 3.81. The number of methoxy groups -OCH3 is 1. The van der Waals surface area contributed by atoms with Crippen LogP contribution in [-0.4, -0.2) is 31.1 Å². The highest BCUT2D eigenvalue weighted by Crippen LogP contribution is 2.23. The number of pyridine rings is 1. The van der Waals surface area contributed by atoms with E-state index in [2.05, 4.69) is 9.88 Å². The molecular weight excluding hydrogens is 212 g/mol. The molecule has 2 rings (SSSR count). The quantitative estimate of drug-likeness (QED) is 0.739. The van der Waals surface area contributed by atoms with Gasteiger partial charge in [0.15, 0.2) is 0 Å². The molecule has 2 heterocycles. The van der Waals surface area contributed by atoms with Crippen molar-refractivity contribution in [3.8, 4) is 5.75 Å². The van der Waals surface area contributed by atoms with Crippen molar-refractivity contribution in [2.24, 2.45) is 5.92 Å². The molecule has 1 aliphatic rings. The van der Waals surface area contributed by atoms with Crippen LogP contribution in [0, 0.1) is 5.92 Å². The molecule has 1 fully saturated rings. The second-order valence-corrected chi connectivity index (χ2v) is 4.12. The average Bonchev–Trinajstić information content (AvgIpc) is 2.78. The third-order valence-corrected chi connectivity index (χ3v) is 3.22. The van der Waals surface area contributed by atoms with E-state index in [1.807, 2.05) is 12.1 Å². The molecule has 0 N–H and O–H groups in total. The summed E-state index contributed by atoms with van der Waals surface area (Å²) < 4.78 is 5.07. The standard InChI is InChI=1S/C11H15ClN2O/c1-15-10-2-3-11(13-7-10)14-5-4-9(6-12)8-14/h2-3,7,9H,4-6,8H2,1H3. The molecule has 1 aromatic rings. The summed E-state index contributed by atoms with van der Waals surface area (Å²) in [6, 6.07) is 3.94.